The third kappa shape index (κ3) is 3.29. The minimum Gasteiger partial charge on any atom is -0.492 e. The van der Waals surface area contributed by atoms with Gasteiger partial charge in [0.15, 0.2) is 0 Å². The Balaban J connectivity index is 1.93. The third-order valence-electron chi connectivity index (χ3n) is 2.47. The Kier molecular flexibility index (Phi) is 3.73. The Morgan fingerprint density at radius 3 is 2.29 bits per heavy atom. The van der Waals surface area contributed by atoms with E-state index < -0.39 is 0 Å². The van der Waals surface area contributed by atoms with Gasteiger partial charge in [-0.25, -0.2) is 4.39 Å². The molecular weight excluding hydrogens is 217 g/mol. The van der Waals surface area contributed by atoms with Crippen LogP contribution in [0.1, 0.15) is 11.6 Å². The lowest BCUT2D eigenvalue weighted by molar-refractivity contribution is 0.290. The lowest BCUT2D eigenvalue weighted by Gasteiger charge is -2.13. The molecule has 1 unspecified atom stereocenters. The van der Waals surface area contributed by atoms with Gasteiger partial charge in [0.2, 0.25) is 0 Å². The second kappa shape index (κ2) is 5.46. The Labute approximate surface area is 99.8 Å². The number of benzene rings is 2. The zero-order valence-electron chi connectivity index (χ0n) is 9.34. The number of para-hydroxylation sites is 1. The second-order valence-electron chi connectivity index (χ2n) is 3.78. The van der Waals surface area contributed by atoms with Crippen molar-refractivity contribution in [1.29, 1.82) is 0 Å². The molecule has 88 valence electrons. The lowest BCUT2D eigenvalue weighted by atomic mass is 10.1. The zero-order valence-corrected chi connectivity index (χ0v) is 9.34. The standard InChI is InChI=1S/C14H14FNO/c15-12-8-6-11(7-9-12)14(16)10-17-13-4-2-1-3-5-13/h1-9,14H,10,16H2. The first-order valence-corrected chi connectivity index (χ1v) is 5.44. The van der Waals surface area contributed by atoms with E-state index >= 15 is 0 Å². The minimum absolute atomic E-state index is 0.254. The average Bonchev–Trinajstić information content (AvgIpc) is 2.38. The molecule has 0 saturated carbocycles. The molecule has 2 N–H and O–H groups in total. The van der Waals surface area contributed by atoms with E-state index in [0.29, 0.717) is 6.61 Å². The van der Waals surface area contributed by atoms with Crippen LogP contribution in [0.3, 0.4) is 0 Å². The van der Waals surface area contributed by atoms with Gasteiger partial charge in [0, 0.05) is 0 Å². The summed E-state index contributed by atoms with van der Waals surface area (Å²) in [5, 5.41) is 0. The maximum Gasteiger partial charge on any atom is 0.123 e. The Hall–Kier alpha value is -1.87. The van der Waals surface area contributed by atoms with E-state index in [9.17, 15) is 4.39 Å². The van der Waals surface area contributed by atoms with Gasteiger partial charge in [-0.05, 0) is 29.8 Å². The summed E-state index contributed by atoms with van der Waals surface area (Å²) in [6.07, 6.45) is 0. The van der Waals surface area contributed by atoms with Gasteiger partial charge in [0.1, 0.15) is 18.2 Å². The molecule has 1 atom stereocenters. The van der Waals surface area contributed by atoms with Crippen LogP contribution in [-0.2, 0) is 0 Å². The van der Waals surface area contributed by atoms with Gasteiger partial charge in [-0.1, -0.05) is 30.3 Å². The van der Waals surface area contributed by atoms with Crippen molar-refractivity contribution in [2.45, 2.75) is 6.04 Å². The molecule has 0 aliphatic rings. The summed E-state index contributed by atoms with van der Waals surface area (Å²) in [4.78, 5) is 0. The van der Waals surface area contributed by atoms with Crippen LogP contribution in [0.2, 0.25) is 0 Å². The number of hydrogen-bond acceptors (Lipinski definition) is 2. The zero-order chi connectivity index (χ0) is 12.1. The third-order valence-corrected chi connectivity index (χ3v) is 2.47. The van der Waals surface area contributed by atoms with Crippen LogP contribution in [-0.4, -0.2) is 6.61 Å². The normalized spacial score (nSPS) is 12.1. The van der Waals surface area contributed by atoms with E-state index in [2.05, 4.69) is 0 Å². The predicted molar refractivity (Wildman–Crippen MR) is 65.3 cm³/mol. The first-order chi connectivity index (χ1) is 8.25. The van der Waals surface area contributed by atoms with Gasteiger partial charge in [-0.3, -0.25) is 0 Å². The van der Waals surface area contributed by atoms with Crippen LogP contribution in [0.25, 0.3) is 0 Å². The summed E-state index contributed by atoms with van der Waals surface area (Å²) in [7, 11) is 0. The van der Waals surface area contributed by atoms with Crippen LogP contribution in [0.5, 0.6) is 5.75 Å². The first kappa shape index (κ1) is 11.6. The summed E-state index contributed by atoms with van der Waals surface area (Å²) < 4.78 is 18.3. The van der Waals surface area contributed by atoms with E-state index in [0.717, 1.165) is 11.3 Å². The number of rotatable bonds is 4. The molecule has 2 aromatic rings. The molecule has 17 heavy (non-hydrogen) atoms. The van der Waals surface area contributed by atoms with Crippen LogP contribution in [0.15, 0.2) is 54.6 Å². The van der Waals surface area contributed by atoms with E-state index in [-0.39, 0.29) is 11.9 Å². The van der Waals surface area contributed by atoms with Crippen molar-refractivity contribution in [3.05, 3.63) is 66.0 Å². The molecule has 0 heterocycles. The summed E-state index contributed by atoms with van der Waals surface area (Å²) in [5.74, 6) is 0.523. The quantitative estimate of drug-likeness (QED) is 0.878. The van der Waals surface area contributed by atoms with Gasteiger partial charge in [0.05, 0.1) is 6.04 Å². The molecule has 2 rings (SSSR count). The van der Waals surface area contributed by atoms with E-state index in [1.807, 2.05) is 30.3 Å². The molecule has 0 radical (unpaired) electrons. The predicted octanol–water partition coefficient (Wildman–Crippen LogP) is 2.90. The molecule has 0 aromatic heterocycles. The van der Waals surface area contributed by atoms with Gasteiger partial charge in [-0.15, -0.1) is 0 Å². The smallest absolute Gasteiger partial charge is 0.123 e. The van der Waals surface area contributed by atoms with Crippen molar-refractivity contribution in [3.63, 3.8) is 0 Å². The highest BCUT2D eigenvalue weighted by Gasteiger charge is 2.06. The summed E-state index contributed by atoms with van der Waals surface area (Å²) in [6, 6.07) is 15.4. The molecule has 2 aromatic carbocycles. The fraction of sp³-hybridized carbons (Fsp3) is 0.143. The molecule has 0 aliphatic heterocycles. The van der Waals surface area contributed by atoms with Gasteiger partial charge < -0.3 is 10.5 Å². The van der Waals surface area contributed by atoms with E-state index in [4.69, 9.17) is 10.5 Å². The van der Waals surface area contributed by atoms with Crippen molar-refractivity contribution in [2.75, 3.05) is 6.61 Å². The van der Waals surface area contributed by atoms with Gasteiger partial charge in [0.25, 0.3) is 0 Å². The second-order valence-corrected chi connectivity index (χ2v) is 3.78. The van der Waals surface area contributed by atoms with Crippen molar-refractivity contribution >= 4 is 0 Å². The number of nitrogens with two attached hydrogens (primary N) is 1. The molecule has 0 bridgehead atoms. The average molecular weight is 231 g/mol. The fourth-order valence-corrected chi connectivity index (χ4v) is 1.51. The maximum atomic E-state index is 12.7. The minimum atomic E-state index is -0.259. The number of hydrogen-bond donors (Lipinski definition) is 1. The van der Waals surface area contributed by atoms with Crippen molar-refractivity contribution in [3.8, 4) is 5.75 Å². The Morgan fingerprint density at radius 2 is 1.65 bits per heavy atom. The van der Waals surface area contributed by atoms with E-state index in [1.54, 1.807) is 12.1 Å². The van der Waals surface area contributed by atoms with Gasteiger partial charge in [-0.2, -0.15) is 0 Å². The fourth-order valence-electron chi connectivity index (χ4n) is 1.51. The molecule has 2 nitrogen and oxygen atoms in total. The highest BCUT2D eigenvalue weighted by atomic mass is 19.1. The monoisotopic (exact) mass is 231 g/mol. The number of halogens is 1. The van der Waals surface area contributed by atoms with Crippen LogP contribution in [0.4, 0.5) is 4.39 Å². The van der Waals surface area contributed by atoms with Crippen molar-refractivity contribution < 1.29 is 9.13 Å². The topological polar surface area (TPSA) is 35.2 Å². The molecule has 0 fully saturated rings. The summed E-state index contributed by atoms with van der Waals surface area (Å²) in [6.45, 7) is 0.371. The van der Waals surface area contributed by atoms with E-state index in [1.165, 1.54) is 12.1 Å². The van der Waals surface area contributed by atoms with Crippen LogP contribution < -0.4 is 10.5 Å². The highest BCUT2D eigenvalue weighted by molar-refractivity contribution is 5.22. The maximum absolute atomic E-state index is 12.7. The lowest BCUT2D eigenvalue weighted by Crippen LogP contribution is -2.18. The molecular formula is C14H14FNO. The summed E-state index contributed by atoms with van der Waals surface area (Å²) in [5.41, 5.74) is 6.81. The van der Waals surface area contributed by atoms with Crippen molar-refractivity contribution in [2.24, 2.45) is 5.73 Å². The number of ether oxygens (including phenoxy) is 1. The molecule has 0 spiro atoms. The van der Waals surface area contributed by atoms with Crippen molar-refractivity contribution in [1.82, 2.24) is 0 Å². The largest absolute Gasteiger partial charge is 0.492 e. The summed E-state index contributed by atoms with van der Waals surface area (Å²) >= 11 is 0. The molecule has 0 aliphatic carbocycles. The van der Waals surface area contributed by atoms with Crippen LogP contribution in [0, 0.1) is 5.82 Å². The highest BCUT2D eigenvalue weighted by Crippen LogP contribution is 2.14. The molecule has 3 heteroatoms. The Morgan fingerprint density at radius 1 is 1.00 bits per heavy atom. The molecule has 0 amide bonds. The van der Waals surface area contributed by atoms with Crippen LogP contribution >= 0.6 is 0 Å². The Bertz CT molecular complexity index is 455. The molecule has 0 saturated heterocycles. The SMILES string of the molecule is NC(COc1ccccc1)c1ccc(F)cc1. The first-order valence-electron chi connectivity index (χ1n) is 5.44. The van der Waals surface area contributed by atoms with Gasteiger partial charge >= 0.3 is 0 Å².